The van der Waals surface area contributed by atoms with E-state index in [0.717, 1.165) is 46.9 Å². The van der Waals surface area contributed by atoms with Crippen LogP contribution in [0.1, 0.15) is 157 Å². The van der Waals surface area contributed by atoms with Gasteiger partial charge in [0.1, 0.15) is 39.4 Å². The smallest absolute Gasteiger partial charge is 0.407 e. The number of cyclic esters (lactones) is 6. The molecule has 6 saturated heterocycles. The number of carbonyl (C=O) groups excluding carboxylic acids is 6. The van der Waals surface area contributed by atoms with Gasteiger partial charge < -0.3 is 120 Å². The van der Waals surface area contributed by atoms with Crippen LogP contribution in [-0.4, -0.2) is 295 Å². The number of benzene rings is 6. The Morgan fingerprint density at radius 2 is 0.667 bits per heavy atom. The first-order valence-electron chi connectivity index (χ1n) is 72.8. The van der Waals surface area contributed by atoms with E-state index in [4.69, 9.17) is 98.9 Å². The van der Waals surface area contributed by atoms with E-state index in [9.17, 15) is 28.8 Å². The van der Waals surface area contributed by atoms with Gasteiger partial charge in [-0.05, 0) is 300 Å². The fourth-order valence-corrected chi connectivity index (χ4v) is 11.7. The highest BCUT2D eigenvalue weighted by molar-refractivity contribution is 5.88. The number of aromatic nitrogens is 6. The second kappa shape index (κ2) is 43.7. The zero-order valence-corrected chi connectivity index (χ0v) is 67.1. The summed E-state index contributed by atoms with van der Waals surface area (Å²) in [6.45, 7) is -45.9. The van der Waals surface area contributed by atoms with Crippen molar-refractivity contribution in [3.8, 4) is 0 Å². The molecule has 6 amide bonds. The molecule has 12 aromatic rings. The number of amides is 6. The minimum absolute atomic E-state index is 0.00985. The van der Waals surface area contributed by atoms with Crippen LogP contribution >= 0.6 is 0 Å². The molecule has 6 aliphatic rings. The molecule has 0 radical (unpaired) electrons. The zero-order valence-electron chi connectivity index (χ0n) is 139. The molecule has 6 aliphatic heterocycles. The van der Waals surface area contributed by atoms with E-state index in [0.29, 0.717) is 43.7 Å². The quantitative estimate of drug-likeness (QED) is 0.0186. The Labute approximate surface area is 838 Å². The van der Waals surface area contributed by atoms with E-state index < -0.39 is 375 Å². The van der Waals surface area contributed by atoms with Crippen LogP contribution < -0.4 is 31.9 Å². The summed E-state index contributed by atoms with van der Waals surface area (Å²) >= 11 is 0. The number of carbonyl (C=O) groups is 6. The van der Waals surface area contributed by atoms with Crippen LogP contribution in [0.5, 0.6) is 0 Å². The van der Waals surface area contributed by atoms with E-state index in [1.54, 1.807) is 24.4 Å². The van der Waals surface area contributed by atoms with Gasteiger partial charge in [0.25, 0.3) is 0 Å². The number of fused-ring (bicyclic) bond motifs is 6. The summed E-state index contributed by atoms with van der Waals surface area (Å²) in [4.78, 5) is 83.4. The molecule has 18 rings (SSSR count). The number of H-pyrrole nitrogens is 6. The number of hydrogen-bond donors (Lipinski definition) is 12. The molecule has 6 aromatic heterocycles. The molecule has 12 heterocycles. The van der Waals surface area contributed by atoms with E-state index in [1.807, 2.05) is 41.1 Å². The van der Waals surface area contributed by atoms with Crippen LogP contribution in [0, 0.1) is 0 Å². The second-order valence-electron chi connectivity index (χ2n) is 27.3. The monoisotopic (exact) mass is 1800 g/mol. The number of rotatable bonds is 30. The van der Waals surface area contributed by atoms with E-state index in [2.05, 4.69) is 43.4 Å². The highest BCUT2D eigenvalue weighted by Gasteiger charge is 2.29. The summed E-state index contributed by atoms with van der Waals surface area (Å²) in [6.07, 6.45) is -26.4. The van der Waals surface area contributed by atoms with E-state index >= 15 is 0 Å². The number of aromatic amines is 6. The lowest BCUT2D eigenvalue weighted by molar-refractivity contribution is 0.176. The number of hydrogen-bond acceptors (Lipinski definition) is 18. The first-order valence-corrected chi connectivity index (χ1v) is 37.1. The van der Waals surface area contributed by atoms with Crippen molar-refractivity contribution in [2.75, 3.05) is 163 Å². The van der Waals surface area contributed by atoms with Gasteiger partial charge in [-0.25, -0.2) is 28.8 Å². The standard InChI is InChI=1S/6C16H21N3O2/c6*1-19(2)6-5-12-9-17-15-4-3-11(8-14(12)15)7-13-10-21-16(20)18-13/h6*3-4,8-9,13,17H,5-7,10H2,1-2H3,(H,18,20)/t6*13-/m000000/s1/i1D3,2D3,3D,4D,5D2,6D2,8D,9D,10D2,13D;1D3,3D,4D,5D2,6D2,8D,9D,10D2,13D;3D,4D,5D2,6D2,8D,9D,10D2,13D;1D3,2D3,7D2,10D2,13D;1D3,7D2,10D2,13D;7D2,10D2,13D/hD6. The van der Waals surface area contributed by atoms with E-state index in [-0.39, 0.29) is 67.0 Å². The Bertz CT molecular complexity index is 9350. The van der Waals surface area contributed by atoms with Crippen LogP contribution in [0.4, 0.5) is 28.8 Å². The maximum absolute atomic E-state index is 11.8. The summed E-state index contributed by atoms with van der Waals surface area (Å²) < 4.78 is 604. The van der Waals surface area contributed by atoms with Gasteiger partial charge in [0.2, 0.25) is 0 Å². The van der Waals surface area contributed by atoms with Crippen LogP contribution in [-0.2, 0) is 105 Å². The van der Waals surface area contributed by atoms with Crippen molar-refractivity contribution in [2.45, 2.75) is 113 Å². The average Bonchev–Trinajstić information content (AvgIpc) is 1.53. The highest BCUT2D eigenvalue weighted by atomic mass is 16.6. The Balaban J connectivity index is 0.000000192. The Morgan fingerprint density at radius 3 is 0.968 bits per heavy atom. The molecule has 0 bridgehead atoms. The predicted octanol–water partition coefficient (Wildman–Crippen LogP) is 11.5. The van der Waals surface area contributed by atoms with Gasteiger partial charge in [0, 0.05) is 191 Å². The molecule has 0 aliphatic carbocycles. The lowest BCUT2D eigenvalue weighted by Crippen LogP contribution is -2.28. The largest absolute Gasteiger partial charge is 0.447 e. The molecule has 30 heteroatoms. The van der Waals surface area contributed by atoms with Crippen molar-refractivity contribution < 1.29 is 156 Å². The molecule has 0 unspecified atom stereocenters. The molecule has 6 fully saturated rings. The average molecular weight is 1800 g/mol. The Hall–Kier alpha value is -12.1. The third-order valence-electron chi connectivity index (χ3n) is 17.3. The van der Waals surface area contributed by atoms with Crippen LogP contribution in [0.3, 0.4) is 0 Å². The fraction of sp³-hybridized carbons (Fsp3) is 0.438. The van der Waals surface area contributed by atoms with Crippen LogP contribution in [0.25, 0.3) is 65.4 Å². The molecule has 6 aromatic carbocycles. The maximum atomic E-state index is 11.8. The third-order valence-corrected chi connectivity index (χ3v) is 17.3. The topological polar surface area (TPSA) is 344 Å². The second-order valence-corrected chi connectivity index (χ2v) is 27.3. The highest BCUT2D eigenvalue weighted by Crippen LogP contribution is 2.29. The molecular weight excluding hydrogens is 1600 g/mol. The zero-order chi connectivity index (χ0) is 152. The summed E-state index contributed by atoms with van der Waals surface area (Å²) in [5, 5.41) is 5.12. The molecule has 672 valence electrons. The molecule has 126 heavy (non-hydrogen) atoms. The molecule has 6 atom stereocenters. The number of ether oxygens (including phenoxy) is 6. The number of alkyl carbamates (subject to hydrolysis) is 6. The normalized spacial score (nSPS) is 34.3. The van der Waals surface area contributed by atoms with Gasteiger partial charge in [-0.2, -0.15) is 0 Å². The van der Waals surface area contributed by atoms with Crippen LogP contribution in [0.2, 0.25) is 8.47 Å². The van der Waals surface area contributed by atoms with Crippen LogP contribution in [0.15, 0.2) is 146 Å². The van der Waals surface area contributed by atoms with E-state index in [1.165, 1.54) is 68.6 Å². The number of nitrogens with zero attached hydrogens (tertiary/aromatic N) is 6. The SMILES string of the molecule is [2H]C([2H])([2H])N(C)CCc1c[nH]c2ccc(C([2H])([2H])[C@]3([2H])NC(=O)OC3([2H])[2H])cc12.[2H]C([2H])([2H])N(CCc1c[nH]c2ccc(C([2H])([2H])[C@]3([2H])NC(=O)OC3([2H])[2H])cc12)C([2H])([2H])[2H].[2H]C1([2H])OC(=O)N[C@@]1([2H])C([2H])([2H])c1ccc2[nH]cc(CCN(C)C)c2c1.[2H]c1c(C[C@]2([2H])N([2H])C(=O)OC2([2H])[2H])c([2H])c2c(C([2H])([2H])C([2H])([2H])N(C([2H])([2H])[2H])C([2H])([2H])[2H])c([2H])n([2H])c2c1[2H].[2H]c1c(C[C@]2([2H])N([2H])C(=O)OC2([2H])[2H])c([2H])c2c(C([2H])([2H])C([2H])([2H])N(C)C([2H])([2H])[2H])c([2H])n([2H])c2c1[2H].[2H]c1c(C[C@]2([2H])N([2H])C(=O)OC2([2H])[2H])c([2H])c2c(C([2H])([2H])C([2H])([2H])N(C)C)c([2H])n([2H])c2c1[2H]. The molecular formula is C96H126N18O12. The van der Waals surface area contributed by atoms with Crippen molar-refractivity contribution in [3.63, 3.8) is 0 Å². The van der Waals surface area contributed by atoms with Gasteiger partial charge in [-0.15, -0.1) is 0 Å². The third kappa shape index (κ3) is 26.5. The van der Waals surface area contributed by atoms with Gasteiger partial charge in [-0.1, -0.05) is 36.3 Å². The Morgan fingerprint density at radius 1 is 0.357 bits per heavy atom. The van der Waals surface area contributed by atoms with Gasteiger partial charge in [-0.3, -0.25) is 0 Å². The molecule has 0 spiro atoms. The molecule has 30 nitrogen and oxygen atoms in total. The van der Waals surface area contributed by atoms with Crippen molar-refractivity contribution in [1.29, 1.82) is 0 Å². The number of nitrogens with one attached hydrogen (secondary N) is 12. The van der Waals surface area contributed by atoms with Gasteiger partial charge in [0.05, 0.1) is 77.2 Å². The fourth-order valence-electron chi connectivity index (χ4n) is 11.7. The van der Waals surface area contributed by atoms with Gasteiger partial charge >= 0.3 is 36.6 Å². The number of likely N-dealkylation sites (N-methyl/N-ethyl adjacent to an activating group) is 6. The lowest BCUT2D eigenvalue weighted by atomic mass is 10.0. The number of aryl methyl sites for hydroxylation is 3. The van der Waals surface area contributed by atoms with Crippen molar-refractivity contribution in [2.24, 2.45) is 0 Å². The first-order chi connectivity index (χ1) is 89.0. The maximum Gasteiger partial charge on any atom is 0.407 e. The first kappa shape index (κ1) is 37.1. The van der Waals surface area contributed by atoms with Crippen molar-refractivity contribution >= 4 is 102 Å². The lowest BCUT2D eigenvalue weighted by Gasteiger charge is -2.09. The van der Waals surface area contributed by atoms with Crippen molar-refractivity contribution in [1.82, 2.24) is 91.2 Å². The summed E-state index contributed by atoms with van der Waals surface area (Å²) in [5.41, 5.74) is -2.56. The summed E-state index contributed by atoms with van der Waals surface area (Å²) in [5.74, 6) is 0. The molecule has 0 saturated carbocycles. The summed E-state index contributed by atoms with van der Waals surface area (Å²) in [6, 6.07) is -11.0. The van der Waals surface area contributed by atoms with Gasteiger partial charge in [0.15, 0.2) is 8.47 Å². The summed E-state index contributed by atoms with van der Waals surface area (Å²) in [7, 11) is 8.68. The Kier molecular flexibility index (Phi) is 12.9. The predicted molar refractivity (Wildman–Crippen MR) is 495 cm³/mol. The minimum Gasteiger partial charge on any atom is -0.447 e. The molecule has 12 N–H and O–H groups in total. The minimum atomic E-state index is -3.99. The van der Waals surface area contributed by atoms with Crippen molar-refractivity contribution in [3.05, 3.63) is 213 Å².